The van der Waals surface area contributed by atoms with Gasteiger partial charge in [-0.15, -0.1) is 0 Å². The molecule has 0 aromatic heterocycles. The molecule has 1 spiro atoms. The summed E-state index contributed by atoms with van der Waals surface area (Å²) in [4.78, 5) is 27.5. The number of thiocarbonyl (C=S) groups is 1. The molecule has 88 valence electrons. The van der Waals surface area contributed by atoms with Crippen molar-refractivity contribution in [2.24, 2.45) is 0 Å². The topological polar surface area (TPSA) is 52.7 Å². The number of carbonyl (C=O) groups is 2. The molecule has 1 saturated carbocycles. The van der Waals surface area contributed by atoms with Crippen LogP contribution in [0.2, 0.25) is 0 Å². The van der Waals surface area contributed by atoms with Gasteiger partial charge in [-0.05, 0) is 19.8 Å². The Morgan fingerprint density at radius 3 is 2.56 bits per heavy atom. The van der Waals surface area contributed by atoms with E-state index in [1.165, 1.54) is 4.90 Å². The van der Waals surface area contributed by atoms with E-state index in [1.54, 1.807) is 11.9 Å². The number of nitrogens with zero attached hydrogens (tertiary/aromatic N) is 2. The molecule has 1 N–H and O–H groups in total. The zero-order valence-electron chi connectivity index (χ0n) is 9.45. The van der Waals surface area contributed by atoms with Crippen LogP contribution >= 0.6 is 12.2 Å². The number of carbonyl (C=O) groups excluding carboxylic acids is 2. The third-order valence-electron chi connectivity index (χ3n) is 3.24. The first-order valence-electron chi connectivity index (χ1n) is 5.41. The van der Waals surface area contributed by atoms with Crippen molar-refractivity contribution in [2.45, 2.75) is 25.3 Å². The molecular weight excluding hydrogens is 226 g/mol. The van der Waals surface area contributed by atoms with Gasteiger partial charge in [-0.25, -0.2) is 4.79 Å². The maximum atomic E-state index is 12.0. The molecule has 2 fully saturated rings. The summed E-state index contributed by atoms with van der Waals surface area (Å²) in [7, 11) is 1.72. The average Bonchev–Trinajstić information content (AvgIpc) is 3.03. The largest absolute Gasteiger partial charge is 0.381 e. The molecule has 0 aromatic rings. The second kappa shape index (κ2) is 3.69. The Hall–Kier alpha value is -1.17. The average molecular weight is 241 g/mol. The van der Waals surface area contributed by atoms with Gasteiger partial charge in [0.25, 0.3) is 5.91 Å². The Bertz CT molecular complexity index is 365. The van der Waals surface area contributed by atoms with Crippen LogP contribution in [0.5, 0.6) is 0 Å². The first kappa shape index (κ1) is 11.3. The predicted octanol–water partition coefficient (Wildman–Crippen LogP) is 0.350. The molecule has 0 aromatic carbocycles. The third-order valence-corrected chi connectivity index (χ3v) is 3.58. The highest BCUT2D eigenvalue weighted by Crippen LogP contribution is 2.47. The van der Waals surface area contributed by atoms with E-state index < -0.39 is 5.54 Å². The highest BCUT2D eigenvalue weighted by atomic mass is 32.1. The van der Waals surface area contributed by atoms with Crippen LogP contribution in [0.15, 0.2) is 0 Å². The van der Waals surface area contributed by atoms with Gasteiger partial charge >= 0.3 is 6.03 Å². The van der Waals surface area contributed by atoms with Crippen LogP contribution in [0.1, 0.15) is 19.8 Å². The molecule has 1 saturated heterocycles. The minimum atomic E-state index is -0.562. The van der Waals surface area contributed by atoms with E-state index in [2.05, 4.69) is 5.32 Å². The number of rotatable bonds is 3. The van der Waals surface area contributed by atoms with E-state index in [4.69, 9.17) is 12.2 Å². The van der Waals surface area contributed by atoms with Gasteiger partial charge in [0.05, 0.1) is 11.5 Å². The number of hydrogen-bond acceptors (Lipinski definition) is 3. The number of hydrogen-bond donors (Lipinski definition) is 1. The van der Waals surface area contributed by atoms with E-state index in [0.717, 1.165) is 12.8 Å². The van der Waals surface area contributed by atoms with Gasteiger partial charge in [0.2, 0.25) is 0 Å². The number of nitrogens with one attached hydrogen (secondary N) is 1. The zero-order chi connectivity index (χ0) is 11.9. The summed E-state index contributed by atoms with van der Waals surface area (Å²) < 4.78 is 0. The van der Waals surface area contributed by atoms with Crippen molar-refractivity contribution < 1.29 is 9.59 Å². The molecular formula is C10H15N3O2S. The Kier molecular flexibility index (Phi) is 2.61. The van der Waals surface area contributed by atoms with Gasteiger partial charge in [0.15, 0.2) is 0 Å². The lowest BCUT2D eigenvalue weighted by Gasteiger charge is -2.21. The van der Waals surface area contributed by atoms with Crippen LogP contribution in [0, 0.1) is 0 Å². The Balaban J connectivity index is 2.21. The van der Waals surface area contributed by atoms with Gasteiger partial charge in [0.1, 0.15) is 5.54 Å². The smallest absolute Gasteiger partial charge is 0.328 e. The van der Waals surface area contributed by atoms with Crippen molar-refractivity contribution in [1.29, 1.82) is 0 Å². The first-order valence-corrected chi connectivity index (χ1v) is 5.82. The molecule has 16 heavy (non-hydrogen) atoms. The summed E-state index contributed by atoms with van der Waals surface area (Å²) in [6.45, 7) is 2.58. The molecule has 1 aliphatic carbocycles. The van der Waals surface area contributed by atoms with Gasteiger partial charge in [-0.1, -0.05) is 12.2 Å². The van der Waals surface area contributed by atoms with Crippen molar-refractivity contribution in [1.82, 2.24) is 15.1 Å². The Labute approximate surface area is 99.8 Å². The lowest BCUT2D eigenvalue weighted by Crippen LogP contribution is -2.43. The minimum Gasteiger partial charge on any atom is -0.381 e. The number of imide groups is 1. The lowest BCUT2D eigenvalue weighted by molar-refractivity contribution is -0.129. The van der Waals surface area contributed by atoms with Crippen LogP contribution in [0.4, 0.5) is 4.79 Å². The van der Waals surface area contributed by atoms with Crippen LogP contribution in [-0.2, 0) is 4.79 Å². The second-order valence-electron chi connectivity index (χ2n) is 4.12. The summed E-state index contributed by atoms with van der Waals surface area (Å²) in [6.07, 6.45) is 1.53. The van der Waals surface area contributed by atoms with Gasteiger partial charge in [0, 0.05) is 13.6 Å². The summed E-state index contributed by atoms with van der Waals surface area (Å²) in [5.74, 6) is -0.0566. The van der Waals surface area contributed by atoms with Crippen molar-refractivity contribution in [3.63, 3.8) is 0 Å². The molecule has 2 aliphatic rings. The SMILES string of the molecule is CCN1C(=O)N(CC(=S)NC)C2(CC2)C1=O. The van der Waals surface area contributed by atoms with E-state index in [0.29, 0.717) is 18.1 Å². The fraction of sp³-hybridized carbons (Fsp3) is 0.700. The van der Waals surface area contributed by atoms with E-state index >= 15 is 0 Å². The maximum absolute atomic E-state index is 12.0. The molecule has 2 rings (SSSR count). The van der Waals surface area contributed by atoms with Crippen molar-refractivity contribution >= 4 is 29.1 Å². The van der Waals surface area contributed by atoms with Crippen LogP contribution in [-0.4, -0.2) is 52.4 Å². The number of likely N-dealkylation sites (N-methyl/N-ethyl adjacent to an activating group) is 2. The standard InChI is InChI=1S/C10H15N3O2S/c1-3-12-8(14)10(4-5-10)13(9(12)15)6-7(16)11-2/h3-6H2,1-2H3,(H,11,16). The number of amides is 3. The fourth-order valence-electron chi connectivity index (χ4n) is 2.11. The normalized spacial score (nSPS) is 21.9. The van der Waals surface area contributed by atoms with E-state index in [1.807, 2.05) is 6.92 Å². The predicted molar refractivity (Wildman–Crippen MR) is 63.1 cm³/mol. The lowest BCUT2D eigenvalue weighted by atomic mass is 10.2. The van der Waals surface area contributed by atoms with Crippen LogP contribution < -0.4 is 5.32 Å². The van der Waals surface area contributed by atoms with E-state index in [9.17, 15) is 9.59 Å². The summed E-state index contributed by atoms with van der Waals surface area (Å²) in [5, 5.41) is 2.83. The Morgan fingerprint density at radius 1 is 1.50 bits per heavy atom. The highest BCUT2D eigenvalue weighted by molar-refractivity contribution is 7.80. The molecule has 3 amide bonds. The monoisotopic (exact) mass is 241 g/mol. The highest BCUT2D eigenvalue weighted by Gasteiger charge is 2.64. The molecule has 1 heterocycles. The zero-order valence-corrected chi connectivity index (χ0v) is 10.3. The molecule has 0 unspecified atom stereocenters. The summed E-state index contributed by atoms with van der Waals surface area (Å²) >= 11 is 5.05. The summed E-state index contributed by atoms with van der Waals surface area (Å²) in [5.41, 5.74) is -0.562. The van der Waals surface area contributed by atoms with Crippen molar-refractivity contribution in [3.8, 4) is 0 Å². The molecule has 1 aliphatic heterocycles. The summed E-state index contributed by atoms with van der Waals surface area (Å²) in [6, 6.07) is -0.206. The molecule has 0 bridgehead atoms. The van der Waals surface area contributed by atoms with Crippen molar-refractivity contribution in [2.75, 3.05) is 20.1 Å². The quantitative estimate of drug-likeness (QED) is 0.572. The third kappa shape index (κ3) is 1.40. The number of urea groups is 1. The molecule has 0 atom stereocenters. The maximum Gasteiger partial charge on any atom is 0.328 e. The van der Waals surface area contributed by atoms with E-state index in [-0.39, 0.29) is 11.9 Å². The second-order valence-corrected chi connectivity index (χ2v) is 4.62. The van der Waals surface area contributed by atoms with Crippen LogP contribution in [0.25, 0.3) is 0 Å². The molecule has 0 radical (unpaired) electrons. The van der Waals surface area contributed by atoms with Gasteiger partial charge < -0.3 is 10.2 Å². The molecule has 6 heteroatoms. The van der Waals surface area contributed by atoms with Crippen molar-refractivity contribution in [3.05, 3.63) is 0 Å². The van der Waals surface area contributed by atoms with Gasteiger partial charge in [-0.2, -0.15) is 0 Å². The fourth-order valence-corrected chi connectivity index (χ4v) is 2.23. The first-order chi connectivity index (χ1) is 7.56. The van der Waals surface area contributed by atoms with Gasteiger partial charge in [-0.3, -0.25) is 9.69 Å². The molecule has 5 nitrogen and oxygen atoms in total. The minimum absolute atomic E-state index is 0.0566. The Morgan fingerprint density at radius 2 is 2.12 bits per heavy atom. The van der Waals surface area contributed by atoms with Crippen LogP contribution in [0.3, 0.4) is 0 Å².